The van der Waals surface area contributed by atoms with Gasteiger partial charge in [0.25, 0.3) is 0 Å². The van der Waals surface area contributed by atoms with Gasteiger partial charge in [0, 0.05) is 18.0 Å². The molecule has 18 heavy (non-hydrogen) atoms. The molecule has 0 aromatic carbocycles. The normalized spacial score (nSPS) is 32.1. The first-order chi connectivity index (χ1) is 8.71. The molecule has 0 aliphatic carbocycles. The summed E-state index contributed by atoms with van der Waals surface area (Å²) in [5.74, 6) is 0.0656. The Kier molecular flexibility index (Phi) is 3.13. The van der Waals surface area contributed by atoms with Crippen molar-refractivity contribution in [1.82, 2.24) is 4.90 Å². The van der Waals surface area contributed by atoms with Crippen LogP contribution in [0.5, 0.6) is 0 Å². The molecule has 0 saturated carbocycles. The predicted octanol–water partition coefficient (Wildman–Crippen LogP) is 1.53. The van der Waals surface area contributed by atoms with Crippen LogP contribution in [0.1, 0.15) is 30.2 Å². The summed E-state index contributed by atoms with van der Waals surface area (Å²) in [4.78, 5) is 15.8. The van der Waals surface area contributed by atoms with Crippen LogP contribution in [0.25, 0.3) is 0 Å². The molecule has 2 saturated heterocycles. The summed E-state index contributed by atoms with van der Waals surface area (Å²) in [6.45, 7) is 1.78. The Labute approximate surface area is 111 Å². The summed E-state index contributed by atoms with van der Waals surface area (Å²) in [7, 11) is 0. The molecule has 1 aromatic heterocycles. The van der Waals surface area contributed by atoms with Crippen LogP contribution >= 0.6 is 11.3 Å². The minimum Gasteiger partial charge on any atom is -0.379 e. The van der Waals surface area contributed by atoms with Crippen LogP contribution in [0.15, 0.2) is 17.5 Å². The van der Waals surface area contributed by atoms with Gasteiger partial charge < -0.3 is 15.4 Å². The van der Waals surface area contributed by atoms with Crippen LogP contribution in [-0.4, -0.2) is 36.1 Å². The van der Waals surface area contributed by atoms with Crippen molar-refractivity contribution in [2.45, 2.75) is 30.8 Å². The summed E-state index contributed by atoms with van der Waals surface area (Å²) < 4.78 is 5.30. The number of rotatable bonds is 2. The molecule has 98 valence electrons. The van der Waals surface area contributed by atoms with Gasteiger partial charge in [-0.05, 0) is 30.7 Å². The number of likely N-dealkylation sites (tertiary alicyclic amines) is 1. The third kappa shape index (κ3) is 1.96. The van der Waals surface area contributed by atoms with Crippen LogP contribution in [0.4, 0.5) is 0 Å². The third-order valence-corrected chi connectivity index (χ3v) is 4.84. The number of hydrogen-bond donors (Lipinski definition) is 1. The first-order valence-electron chi connectivity index (χ1n) is 6.42. The molecular formula is C13H18N2O2S. The van der Waals surface area contributed by atoms with E-state index in [-0.39, 0.29) is 11.9 Å². The second-order valence-electron chi connectivity index (χ2n) is 5.13. The summed E-state index contributed by atoms with van der Waals surface area (Å²) in [5.41, 5.74) is 5.39. The Morgan fingerprint density at radius 3 is 3.17 bits per heavy atom. The Morgan fingerprint density at radius 2 is 2.50 bits per heavy atom. The van der Waals surface area contributed by atoms with Crippen LogP contribution in [-0.2, 0) is 9.53 Å². The van der Waals surface area contributed by atoms with Crippen LogP contribution in [0.3, 0.4) is 0 Å². The highest BCUT2D eigenvalue weighted by Gasteiger charge is 2.44. The van der Waals surface area contributed by atoms with Crippen molar-refractivity contribution in [2.24, 2.45) is 5.73 Å². The highest BCUT2D eigenvalue weighted by atomic mass is 32.1. The monoisotopic (exact) mass is 266 g/mol. The first-order valence-corrected chi connectivity index (χ1v) is 7.30. The molecule has 0 spiro atoms. The summed E-state index contributed by atoms with van der Waals surface area (Å²) in [5, 5.41) is 2.06. The van der Waals surface area contributed by atoms with Gasteiger partial charge in [0.1, 0.15) is 5.54 Å². The Hall–Kier alpha value is -0.910. The zero-order valence-electron chi connectivity index (χ0n) is 10.3. The maximum absolute atomic E-state index is 12.6. The number of amides is 1. The lowest BCUT2D eigenvalue weighted by Crippen LogP contribution is -2.55. The molecule has 2 atom stereocenters. The van der Waals surface area contributed by atoms with Crippen molar-refractivity contribution in [3.05, 3.63) is 22.4 Å². The lowest BCUT2D eigenvalue weighted by molar-refractivity contribution is -0.137. The Morgan fingerprint density at radius 1 is 1.61 bits per heavy atom. The topological polar surface area (TPSA) is 55.6 Å². The molecule has 0 radical (unpaired) electrons. The molecule has 2 fully saturated rings. The number of ether oxygens (including phenoxy) is 1. The van der Waals surface area contributed by atoms with E-state index in [1.54, 1.807) is 11.3 Å². The molecule has 1 aromatic rings. The summed E-state index contributed by atoms with van der Waals surface area (Å²) in [6.07, 6.45) is 2.74. The van der Waals surface area contributed by atoms with Crippen molar-refractivity contribution >= 4 is 17.2 Å². The fraction of sp³-hybridized carbons (Fsp3) is 0.615. The summed E-state index contributed by atoms with van der Waals surface area (Å²) in [6, 6.07) is 4.37. The minimum absolute atomic E-state index is 0.0656. The van der Waals surface area contributed by atoms with Gasteiger partial charge in [0.15, 0.2) is 0 Å². The zero-order valence-corrected chi connectivity index (χ0v) is 11.1. The van der Waals surface area contributed by atoms with Crippen LogP contribution in [0.2, 0.25) is 0 Å². The average molecular weight is 266 g/mol. The second kappa shape index (κ2) is 4.64. The fourth-order valence-electron chi connectivity index (χ4n) is 2.82. The zero-order chi connectivity index (χ0) is 12.6. The van der Waals surface area contributed by atoms with Gasteiger partial charge in [-0.15, -0.1) is 11.3 Å². The van der Waals surface area contributed by atoms with Crippen LogP contribution in [0, 0.1) is 0 Å². The molecule has 2 unspecified atom stereocenters. The fourth-order valence-corrected chi connectivity index (χ4v) is 3.70. The van der Waals surface area contributed by atoms with Gasteiger partial charge in [0.2, 0.25) is 5.91 Å². The maximum Gasteiger partial charge on any atom is 0.245 e. The molecular weight excluding hydrogens is 248 g/mol. The van der Waals surface area contributed by atoms with E-state index in [0.29, 0.717) is 19.6 Å². The van der Waals surface area contributed by atoms with E-state index in [4.69, 9.17) is 10.5 Å². The Bertz CT molecular complexity index is 426. The summed E-state index contributed by atoms with van der Waals surface area (Å²) >= 11 is 1.72. The highest BCUT2D eigenvalue weighted by Crippen LogP contribution is 2.36. The first kappa shape index (κ1) is 12.1. The predicted molar refractivity (Wildman–Crippen MR) is 70.4 cm³/mol. The Balaban J connectivity index is 1.80. The number of thiophene rings is 1. The lowest BCUT2D eigenvalue weighted by atomic mass is 9.97. The molecule has 2 aliphatic heterocycles. The number of carbonyl (C=O) groups excluding carboxylic acids is 1. The number of carbonyl (C=O) groups is 1. The van der Waals surface area contributed by atoms with Gasteiger partial charge in [-0.1, -0.05) is 6.07 Å². The number of nitrogens with zero attached hydrogens (tertiary/aromatic N) is 1. The molecule has 2 aliphatic rings. The van der Waals surface area contributed by atoms with Crippen molar-refractivity contribution in [3.63, 3.8) is 0 Å². The van der Waals surface area contributed by atoms with Gasteiger partial charge in [0.05, 0.1) is 12.6 Å². The van der Waals surface area contributed by atoms with Gasteiger partial charge >= 0.3 is 0 Å². The van der Waals surface area contributed by atoms with Gasteiger partial charge in [-0.2, -0.15) is 0 Å². The molecule has 5 heteroatoms. The van der Waals surface area contributed by atoms with E-state index >= 15 is 0 Å². The molecule has 1 amide bonds. The molecule has 2 N–H and O–H groups in total. The van der Waals surface area contributed by atoms with E-state index in [1.165, 1.54) is 4.88 Å². The maximum atomic E-state index is 12.6. The van der Waals surface area contributed by atoms with E-state index in [9.17, 15) is 4.79 Å². The van der Waals surface area contributed by atoms with Crippen molar-refractivity contribution in [3.8, 4) is 0 Å². The standard InChI is InChI=1S/C13H18N2O2S/c14-13(5-7-17-9-13)12(16)15-6-1-3-10(15)11-4-2-8-18-11/h2,4,8,10H,1,3,5-7,9,14H2. The molecule has 3 heterocycles. The minimum atomic E-state index is -0.792. The van der Waals surface area contributed by atoms with E-state index in [0.717, 1.165) is 19.4 Å². The highest BCUT2D eigenvalue weighted by molar-refractivity contribution is 7.10. The third-order valence-electron chi connectivity index (χ3n) is 3.86. The quantitative estimate of drug-likeness (QED) is 0.883. The molecule has 0 bridgehead atoms. The van der Waals surface area contributed by atoms with E-state index < -0.39 is 5.54 Å². The van der Waals surface area contributed by atoms with Gasteiger partial charge in [-0.3, -0.25) is 4.79 Å². The van der Waals surface area contributed by atoms with E-state index in [1.807, 2.05) is 11.0 Å². The van der Waals surface area contributed by atoms with Crippen LogP contribution < -0.4 is 5.73 Å². The molecule has 3 rings (SSSR count). The smallest absolute Gasteiger partial charge is 0.245 e. The van der Waals surface area contributed by atoms with Crippen molar-refractivity contribution in [1.29, 1.82) is 0 Å². The molecule has 4 nitrogen and oxygen atoms in total. The van der Waals surface area contributed by atoms with Crippen molar-refractivity contribution in [2.75, 3.05) is 19.8 Å². The van der Waals surface area contributed by atoms with Gasteiger partial charge in [-0.25, -0.2) is 0 Å². The number of nitrogens with two attached hydrogens (primary N) is 1. The number of hydrogen-bond acceptors (Lipinski definition) is 4. The average Bonchev–Trinajstić information content (AvgIpc) is 3.09. The lowest BCUT2D eigenvalue weighted by Gasteiger charge is -2.31. The van der Waals surface area contributed by atoms with E-state index in [2.05, 4.69) is 11.4 Å². The second-order valence-corrected chi connectivity index (χ2v) is 6.11. The van der Waals surface area contributed by atoms with Crippen molar-refractivity contribution < 1.29 is 9.53 Å². The largest absolute Gasteiger partial charge is 0.379 e. The SMILES string of the molecule is NC1(C(=O)N2CCCC2c2cccs2)CCOC1.